The Kier molecular flexibility index (Phi) is 4.72. The van der Waals surface area contributed by atoms with Crippen molar-refractivity contribution in [3.63, 3.8) is 0 Å². The first-order valence-electron chi connectivity index (χ1n) is 8.01. The number of halogens is 2. The number of methoxy groups -OCH3 is 1. The van der Waals surface area contributed by atoms with Gasteiger partial charge in [-0.25, -0.2) is 8.78 Å². The number of aliphatic hydroxyl groups is 1. The lowest BCUT2D eigenvalue weighted by atomic mass is 9.94. The first-order chi connectivity index (χ1) is 12.0. The van der Waals surface area contributed by atoms with E-state index >= 15 is 0 Å². The summed E-state index contributed by atoms with van der Waals surface area (Å²) in [5.74, 6) is -1.31. The Balaban J connectivity index is 1.70. The fraction of sp³-hybridized carbons (Fsp3) is 0.316. The highest BCUT2D eigenvalue weighted by Crippen LogP contribution is 2.49. The van der Waals surface area contributed by atoms with Crippen LogP contribution in [-0.2, 0) is 10.2 Å². The molecule has 6 heteroatoms. The summed E-state index contributed by atoms with van der Waals surface area (Å²) < 4.78 is 33.1. The molecule has 1 atom stereocenters. The number of hydrogen-bond donors (Lipinski definition) is 2. The molecule has 25 heavy (non-hydrogen) atoms. The van der Waals surface area contributed by atoms with Crippen molar-refractivity contribution in [3.8, 4) is 5.75 Å². The van der Waals surface area contributed by atoms with Crippen LogP contribution in [0.25, 0.3) is 0 Å². The fourth-order valence-electron chi connectivity index (χ4n) is 2.99. The van der Waals surface area contributed by atoms with E-state index in [0.717, 1.165) is 0 Å². The minimum atomic E-state index is -1.38. The molecule has 132 valence electrons. The quantitative estimate of drug-likeness (QED) is 0.845. The molecule has 0 spiro atoms. The van der Waals surface area contributed by atoms with Gasteiger partial charge in [-0.2, -0.15) is 0 Å². The number of ether oxygens (including phenoxy) is 1. The molecule has 2 aromatic rings. The van der Waals surface area contributed by atoms with Gasteiger partial charge in [0.05, 0.1) is 7.11 Å². The summed E-state index contributed by atoms with van der Waals surface area (Å²) in [5.41, 5.74) is -0.343. The molecular formula is C19H19F2NO3. The van der Waals surface area contributed by atoms with Crippen LogP contribution in [0.4, 0.5) is 8.78 Å². The Morgan fingerprint density at radius 3 is 2.48 bits per heavy atom. The third-order valence-electron chi connectivity index (χ3n) is 4.61. The second-order valence-electron chi connectivity index (χ2n) is 6.27. The van der Waals surface area contributed by atoms with Gasteiger partial charge in [-0.3, -0.25) is 4.79 Å². The Morgan fingerprint density at radius 1 is 1.24 bits per heavy atom. The molecule has 0 saturated heterocycles. The third kappa shape index (κ3) is 3.49. The maximum atomic E-state index is 14.0. The Labute approximate surface area is 144 Å². The smallest absolute Gasteiger partial charge is 0.253 e. The molecule has 2 aromatic carbocycles. The molecule has 1 aliphatic carbocycles. The summed E-state index contributed by atoms with van der Waals surface area (Å²) in [6.45, 7) is 0.0741. The number of hydrogen-bond acceptors (Lipinski definition) is 3. The van der Waals surface area contributed by atoms with Gasteiger partial charge in [0.2, 0.25) is 0 Å². The largest absolute Gasteiger partial charge is 0.497 e. The predicted octanol–water partition coefficient (Wildman–Crippen LogP) is 2.85. The van der Waals surface area contributed by atoms with E-state index in [2.05, 4.69) is 5.32 Å². The monoisotopic (exact) mass is 347 g/mol. The maximum absolute atomic E-state index is 14.0. The van der Waals surface area contributed by atoms with E-state index in [0.29, 0.717) is 24.2 Å². The number of benzene rings is 2. The standard InChI is InChI=1S/C19H19F2NO3/c1-25-13-5-2-4-12(10-13)17(23)18(24)22-11-19(8-9-19)16-14(20)6-3-7-15(16)21/h2-7,10,17,23H,8-9,11H2,1H3,(H,22,24). The molecule has 0 aliphatic heterocycles. The van der Waals surface area contributed by atoms with Crippen molar-refractivity contribution in [2.24, 2.45) is 0 Å². The third-order valence-corrected chi connectivity index (χ3v) is 4.61. The highest BCUT2D eigenvalue weighted by Gasteiger charge is 2.48. The van der Waals surface area contributed by atoms with Crippen molar-refractivity contribution >= 4 is 5.91 Å². The van der Waals surface area contributed by atoms with Crippen molar-refractivity contribution in [1.29, 1.82) is 0 Å². The van der Waals surface area contributed by atoms with E-state index in [-0.39, 0.29) is 12.1 Å². The lowest BCUT2D eigenvalue weighted by molar-refractivity contribution is -0.129. The second kappa shape index (κ2) is 6.80. The van der Waals surface area contributed by atoms with E-state index in [1.807, 2.05) is 0 Å². The molecule has 1 amide bonds. The fourth-order valence-corrected chi connectivity index (χ4v) is 2.99. The minimum Gasteiger partial charge on any atom is -0.497 e. The van der Waals surface area contributed by atoms with Gasteiger partial charge >= 0.3 is 0 Å². The van der Waals surface area contributed by atoms with Crippen LogP contribution >= 0.6 is 0 Å². The highest BCUT2D eigenvalue weighted by molar-refractivity contribution is 5.82. The summed E-state index contributed by atoms with van der Waals surface area (Å²) in [6, 6.07) is 10.3. The molecule has 3 rings (SSSR count). The molecule has 1 saturated carbocycles. The van der Waals surface area contributed by atoms with Crippen molar-refractivity contribution < 1.29 is 23.4 Å². The molecule has 0 radical (unpaired) electrons. The van der Waals surface area contributed by atoms with E-state index in [1.165, 1.54) is 25.3 Å². The average Bonchev–Trinajstić information content (AvgIpc) is 3.39. The zero-order chi connectivity index (χ0) is 18.0. The number of rotatable bonds is 6. The number of amides is 1. The van der Waals surface area contributed by atoms with E-state index in [4.69, 9.17) is 4.74 Å². The maximum Gasteiger partial charge on any atom is 0.253 e. The van der Waals surface area contributed by atoms with Crippen LogP contribution in [0.15, 0.2) is 42.5 Å². The van der Waals surface area contributed by atoms with Crippen LogP contribution < -0.4 is 10.1 Å². The van der Waals surface area contributed by atoms with Crippen molar-refractivity contribution in [1.82, 2.24) is 5.32 Å². The Bertz CT molecular complexity index is 770. The molecule has 0 aromatic heterocycles. The topological polar surface area (TPSA) is 58.6 Å². The van der Waals surface area contributed by atoms with Crippen LogP contribution in [0, 0.1) is 11.6 Å². The summed E-state index contributed by atoms with van der Waals surface area (Å²) >= 11 is 0. The van der Waals surface area contributed by atoms with Crippen LogP contribution in [0.3, 0.4) is 0 Å². The summed E-state index contributed by atoms with van der Waals surface area (Å²) in [7, 11) is 1.49. The second-order valence-corrected chi connectivity index (χ2v) is 6.27. The van der Waals surface area contributed by atoms with E-state index < -0.39 is 29.1 Å². The van der Waals surface area contributed by atoms with Gasteiger partial charge in [0.25, 0.3) is 5.91 Å². The van der Waals surface area contributed by atoms with Gasteiger partial charge in [0.1, 0.15) is 17.4 Å². The van der Waals surface area contributed by atoms with Crippen molar-refractivity contribution in [2.45, 2.75) is 24.4 Å². The minimum absolute atomic E-state index is 0.00571. The summed E-state index contributed by atoms with van der Waals surface area (Å²) in [5, 5.41) is 12.8. The summed E-state index contributed by atoms with van der Waals surface area (Å²) in [4.78, 5) is 12.2. The van der Waals surface area contributed by atoms with Gasteiger partial charge in [-0.05, 0) is 42.7 Å². The Hall–Kier alpha value is -2.47. The van der Waals surface area contributed by atoms with Crippen LogP contribution in [-0.4, -0.2) is 24.7 Å². The Morgan fingerprint density at radius 2 is 1.88 bits per heavy atom. The first kappa shape index (κ1) is 17.4. The molecule has 4 nitrogen and oxygen atoms in total. The number of carbonyl (C=O) groups is 1. The lowest BCUT2D eigenvalue weighted by Crippen LogP contribution is -2.36. The van der Waals surface area contributed by atoms with Gasteiger partial charge in [0, 0.05) is 17.5 Å². The van der Waals surface area contributed by atoms with Gasteiger partial charge in [-0.15, -0.1) is 0 Å². The van der Waals surface area contributed by atoms with Gasteiger partial charge in [0.15, 0.2) is 6.10 Å². The number of aliphatic hydroxyl groups excluding tert-OH is 1. The van der Waals surface area contributed by atoms with Crippen LogP contribution in [0.1, 0.15) is 30.1 Å². The molecule has 1 aliphatic rings. The van der Waals surface area contributed by atoms with E-state index in [1.54, 1.807) is 24.3 Å². The van der Waals surface area contributed by atoms with Crippen LogP contribution in [0.2, 0.25) is 0 Å². The number of carbonyl (C=O) groups excluding carboxylic acids is 1. The zero-order valence-electron chi connectivity index (χ0n) is 13.8. The van der Waals surface area contributed by atoms with E-state index in [9.17, 15) is 18.7 Å². The summed E-state index contributed by atoms with van der Waals surface area (Å²) in [6.07, 6.45) is -0.211. The molecule has 1 fully saturated rings. The molecule has 0 bridgehead atoms. The zero-order valence-corrected chi connectivity index (χ0v) is 13.8. The normalized spacial score (nSPS) is 16.2. The van der Waals surface area contributed by atoms with Crippen LogP contribution in [0.5, 0.6) is 5.75 Å². The van der Waals surface area contributed by atoms with Crippen molar-refractivity contribution in [3.05, 3.63) is 65.2 Å². The SMILES string of the molecule is COc1cccc(C(O)C(=O)NCC2(c3c(F)cccc3F)CC2)c1. The molecular weight excluding hydrogens is 328 g/mol. The predicted molar refractivity (Wildman–Crippen MR) is 88.2 cm³/mol. The molecule has 2 N–H and O–H groups in total. The van der Waals surface area contributed by atoms with Crippen molar-refractivity contribution in [2.75, 3.05) is 13.7 Å². The van der Waals surface area contributed by atoms with Gasteiger partial charge < -0.3 is 15.2 Å². The molecule has 0 heterocycles. The number of nitrogens with one attached hydrogen (secondary N) is 1. The first-order valence-corrected chi connectivity index (χ1v) is 8.01. The van der Waals surface area contributed by atoms with Gasteiger partial charge in [-0.1, -0.05) is 18.2 Å². The average molecular weight is 347 g/mol. The highest BCUT2D eigenvalue weighted by atomic mass is 19.1. The molecule has 1 unspecified atom stereocenters. The lowest BCUT2D eigenvalue weighted by Gasteiger charge is -2.19.